The van der Waals surface area contributed by atoms with Crippen LogP contribution in [0.2, 0.25) is 0 Å². The third-order valence-electron chi connectivity index (χ3n) is 9.42. The van der Waals surface area contributed by atoms with Crippen LogP contribution in [0.5, 0.6) is 0 Å². The van der Waals surface area contributed by atoms with Crippen molar-refractivity contribution >= 4 is 21.8 Å². The molecule has 0 aliphatic rings. The lowest BCUT2D eigenvalue weighted by Crippen LogP contribution is -2.28. The van der Waals surface area contributed by atoms with Crippen LogP contribution in [-0.2, 0) is 28.9 Å². The summed E-state index contributed by atoms with van der Waals surface area (Å²) in [6.07, 6.45) is 40.6. The molecule has 2 N–H and O–H groups in total. The molecular formula is C43H81NO6S. The van der Waals surface area contributed by atoms with Gasteiger partial charge >= 0.3 is 11.9 Å². The summed E-state index contributed by atoms with van der Waals surface area (Å²) in [5.74, 6) is -0.791. The van der Waals surface area contributed by atoms with Crippen molar-refractivity contribution in [2.75, 3.05) is 24.7 Å². The molecule has 0 rings (SSSR count). The monoisotopic (exact) mass is 740 g/mol. The molecule has 0 heterocycles. The molecule has 300 valence electrons. The summed E-state index contributed by atoms with van der Waals surface area (Å²) in [5.41, 5.74) is 5.49. The van der Waals surface area contributed by atoms with Crippen molar-refractivity contribution in [2.24, 2.45) is 5.73 Å². The topological polar surface area (TPSA) is 113 Å². The minimum Gasteiger partial charge on any atom is -0.462 e. The average Bonchev–Trinajstić information content (AvgIpc) is 3.11. The van der Waals surface area contributed by atoms with E-state index in [1.165, 1.54) is 103 Å². The van der Waals surface area contributed by atoms with Crippen LogP contribution in [0.4, 0.5) is 0 Å². The molecule has 0 amide bonds. The lowest BCUT2D eigenvalue weighted by molar-refractivity contribution is -0.159. The number of nitrogens with two attached hydrogens (primary N) is 1. The van der Waals surface area contributed by atoms with E-state index in [0.717, 1.165) is 64.2 Å². The third-order valence-corrected chi connectivity index (χ3v) is 11.2. The lowest BCUT2D eigenvalue weighted by Gasteiger charge is -2.18. The molecule has 1 unspecified atom stereocenters. The predicted molar refractivity (Wildman–Crippen MR) is 217 cm³/mol. The summed E-state index contributed by atoms with van der Waals surface area (Å²) < 4.78 is 35.9. The largest absolute Gasteiger partial charge is 0.462 e. The number of esters is 2. The zero-order valence-corrected chi connectivity index (χ0v) is 34.2. The quantitative estimate of drug-likeness (QED) is 0.0379. The zero-order valence-electron chi connectivity index (χ0n) is 33.4. The van der Waals surface area contributed by atoms with Crippen molar-refractivity contribution in [1.29, 1.82) is 0 Å². The van der Waals surface area contributed by atoms with Gasteiger partial charge < -0.3 is 15.2 Å². The molecule has 51 heavy (non-hydrogen) atoms. The van der Waals surface area contributed by atoms with E-state index in [9.17, 15) is 18.0 Å². The lowest BCUT2D eigenvalue weighted by atomic mass is 10.1. The number of hydrogen-bond acceptors (Lipinski definition) is 7. The van der Waals surface area contributed by atoms with Gasteiger partial charge in [0, 0.05) is 19.3 Å². The van der Waals surface area contributed by atoms with Crippen LogP contribution in [0.15, 0.2) is 24.3 Å². The van der Waals surface area contributed by atoms with Gasteiger partial charge in [-0.3, -0.25) is 9.59 Å². The Labute approximate surface area is 315 Å². The Morgan fingerprint density at radius 1 is 0.529 bits per heavy atom. The Morgan fingerprint density at radius 3 is 1.35 bits per heavy atom. The summed E-state index contributed by atoms with van der Waals surface area (Å²) in [6, 6.07) is 0. The van der Waals surface area contributed by atoms with Crippen molar-refractivity contribution in [2.45, 2.75) is 213 Å². The van der Waals surface area contributed by atoms with E-state index < -0.39 is 15.9 Å². The average molecular weight is 740 g/mol. The van der Waals surface area contributed by atoms with Crippen molar-refractivity contribution in [3.63, 3.8) is 0 Å². The van der Waals surface area contributed by atoms with Gasteiger partial charge in [0.15, 0.2) is 9.84 Å². The van der Waals surface area contributed by atoms with Crippen LogP contribution in [0.1, 0.15) is 206 Å². The summed E-state index contributed by atoms with van der Waals surface area (Å²) in [4.78, 5) is 25.0. The van der Waals surface area contributed by atoms with Crippen molar-refractivity contribution in [1.82, 2.24) is 0 Å². The van der Waals surface area contributed by atoms with E-state index in [-0.39, 0.29) is 42.9 Å². The number of hydrogen-bond donors (Lipinski definition) is 1. The van der Waals surface area contributed by atoms with Gasteiger partial charge in [0.2, 0.25) is 0 Å². The Morgan fingerprint density at radius 2 is 0.922 bits per heavy atom. The molecule has 0 aromatic heterocycles. The van der Waals surface area contributed by atoms with Gasteiger partial charge in [-0.15, -0.1) is 0 Å². The predicted octanol–water partition coefficient (Wildman–Crippen LogP) is 11.7. The molecule has 1 atom stereocenters. The number of carbonyl (C=O) groups excluding carboxylic acids is 2. The van der Waals surface area contributed by atoms with Crippen LogP contribution in [0.25, 0.3) is 0 Å². The van der Waals surface area contributed by atoms with E-state index in [1.807, 2.05) is 0 Å². The Kier molecular flexibility index (Phi) is 36.8. The first-order valence-corrected chi connectivity index (χ1v) is 23.2. The molecule has 8 heteroatoms. The van der Waals surface area contributed by atoms with Gasteiger partial charge in [0.1, 0.15) is 12.7 Å². The highest BCUT2D eigenvalue weighted by atomic mass is 32.2. The zero-order chi connectivity index (χ0) is 37.5. The second-order valence-corrected chi connectivity index (χ2v) is 16.8. The summed E-state index contributed by atoms with van der Waals surface area (Å²) in [6.45, 7) is 4.71. The normalized spacial score (nSPS) is 12.6. The Hall–Kier alpha value is -1.67. The molecule has 0 aliphatic heterocycles. The molecule has 0 aliphatic carbocycles. The molecule has 0 bridgehead atoms. The standard InChI is InChI=1S/C43H81NO6S/c1-3-5-7-9-11-13-15-17-19-21-23-25-27-29-31-34-42(45)49-40-41(36-39-51(47,48)38-33-37-44)50-43(46)35-32-30-28-26-24-22-20-18-16-14-12-10-8-6-4-2/h17-20,41H,3-16,21-40,44H2,1-2H3/b19-17-,20-18-. The SMILES string of the molecule is CCCCCCCC/C=C\CCCCCCCC(=O)OCC(CCS(=O)(=O)CCCN)OC(=O)CCCCCCC/C=C\CCCCCCCC. The van der Waals surface area contributed by atoms with Crippen molar-refractivity contribution < 1.29 is 27.5 Å². The summed E-state index contributed by atoms with van der Waals surface area (Å²) in [7, 11) is -3.32. The van der Waals surface area contributed by atoms with E-state index in [4.69, 9.17) is 15.2 Å². The van der Waals surface area contributed by atoms with Crippen LogP contribution >= 0.6 is 0 Å². The maximum atomic E-state index is 12.6. The van der Waals surface area contributed by atoms with Crippen molar-refractivity contribution in [3.8, 4) is 0 Å². The molecule has 0 aromatic carbocycles. The second-order valence-electron chi connectivity index (χ2n) is 14.5. The van der Waals surface area contributed by atoms with Gasteiger partial charge in [-0.05, 0) is 77.2 Å². The van der Waals surface area contributed by atoms with E-state index in [2.05, 4.69) is 38.2 Å². The molecule has 0 radical (unpaired) electrons. The molecule has 0 fully saturated rings. The van der Waals surface area contributed by atoms with Crippen molar-refractivity contribution in [3.05, 3.63) is 24.3 Å². The second kappa shape index (κ2) is 38.1. The smallest absolute Gasteiger partial charge is 0.306 e. The number of unbranched alkanes of at least 4 members (excludes halogenated alkanes) is 22. The number of sulfone groups is 1. The third kappa shape index (κ3) is 37.9. The van der Waals surface area contributed by atoms with Crippen LogP contribution < -0.4 is 5.73 Å². The van der Waals surface area contributed by atoms with Gasteiger partial charge in [-0.25, -0.2) is 8.42 Å². The molecule has 0 spiro atoms. The number of rotatable bonds is 39. The summed E-state index contributed by atoms with van der Waals surface area (Å²) in [5, 5.41) is 0. The van der Waals surface area contributed by atoms with E-state index in [1.54, 1.807) is 0 Å². The molecular weight excluding hydrogens is 659 g/mol. The molecule has 0 saturated carbocycles. The first kappa shape index (κ1) is 49.3. The fraction of sp³-hybridized carbons (Fsp3) is 0.860. The van der Waals surface area contributed by atoms with Crippen LogP contribution in [0, 0.1) is 0 Å². The minimum atomic E-state index is -3.32. The molecule has 0 saturated heterocycles. The van der Waals surface area contributed by atoms with E-state index in [0.29, 0.717) is 19.4 Å². The Balaban J connectivity index is 4.20. The number of ether oxygens (including phenoxy) is 2. The van der Waals surface area contributed by atoms with Gasteiger partial charge in [-0.1, -0.05) is 141 Å². The highest BCUT2D eigenvalue weighted by Crippen LogP contribution is 2.14. The number of allylic oxidation sites excluding steroid dienone is 4. The fourth-order valence-corrected chi connectivity index (χ4v) is 7.51. The van der Waals surface area contributed by atoms with Gasteiger partial charge in [0.05, 0.1) is 11.5 Å². The van der Waals surface area contributed by atoms with Crippen LogP contribution in [0.3, 0.4) is 0 Å². The molecule has 7 nitrogen and oxygen atoms in total. The van der Waals surface area contributed by atoms with Crippen LogP contribution in [-0.4, -0.2) is 51.1 Å². The highest BCUT2D eigenvalue weighted by Gasteiger charge is 2.21. The maximum absolute atomic E-state index is 12.6. The fourth-order valence-electron chi connectivity index (χ4n) is 6.08. The molecule has 0 aromatic rings. The van der Waals surface area contributed by atoms with E-state index >= 15 is 0 Å². The van der Waals surface area contributed by atoms with Gasteiger partial charge in [0.25, 0.3) is 0 Å². The highest BCUT2D eigenvalue weighted by molar-refractivity contribution is 7.91. The minimum absolute atomic E-state index is 0.00829. The maximum Gasteiger partial charge on any atom is 0.306 e. The first-order valence-electron chi connectivity index (χ1n) is 21.4. The summed E-state index contributed by atoms with van der Waals surface area (Å²) >= 11 is 0. The van der Waals surface area contributed by atoms with Gasteiger partial charge in [-0.2, -0.15) is 0 Å². The first-order chi connectivity index (χ1) is 24.8. The Bertz CT molecular complexity index is 948. The number of carbonyl (C=O) groups is 2.